The Balaban J connectivity index is 3.40. The van der Waals surface area contributed by atoms with E-state index in [9.17, 15) is 0 Å². The van der Waals surface area contributed by atoms with E-state index >= 15 is 0 Å². The average molecular weight is 189 g/mol. The lowest BCUT2D eigenvalue weighted by Gasteiger charge is -2.01. The number of rotatable bonds is 1. The molecule has 0 aliphatic carbocycles. The van der Waals surface area contributed by atoms with Gasteiger partial charge in [-0.05, 0) is 12.5 Å². The van der Waals surface area contributed by atoms with E-state index in [1.807, 2.05) is 6.92 Å². The van der Waals surface area contributed by atoms with Crippen molar-refractivity contribution in [1.29, 1.82) is 0 Å². The van der Waals surface area contributed by atoms with Crippen LogP contribution < -0.4 is 0 Å². The normalized spacial score (nSPS) is 9.73. The van der Waals surface area contributed by atoms with E-state index in [0.717, 1.165) is 11.1 Å². The van der Waals surface area contributed by atoms with Gasteiger partial charge in [0.05, 0.1) is 0 Å². The summed E-state index contributed by atoms with van der Waals surface area (Å²) in [5.41, 5.74) is 1.55. The molecule has 2 nitrogen and oxygen atoms in total. The fourth-order valence-electron chi connectivity index (χ4n) is 0.720. The van der Waals surface area contributed by atoms with Crippen molar-refractivity contribution >= 4 is 29.3 Å². The molecule has 0 saturated heterocycles. The first-order chi connectivity index (χ1) is 5.16. The molecule has 0 N–H and O–H groups in total. The summed E-state index contributed by atoms with van der Waals surface area (Å²) in [6.07, 6.45) is 1.61. The molecule has 0 unspecified atom stereocenters. The molecule has 1 rings (SSSR count). The second-order valence-electron chi connectivity index (χ2n) is 2.02. The maximum absolute atomic E-state index is 5.70. The Morgan fingerprint density at radius 1 is 1.27 bits per heavy atom. The highest BCUT2D eigenvalue weighted by Crippen LogP contribution is 2.22. The van der Waals surface area contributed by atoms with Crippen LogP contribution >= 0.6 is 23.2 Å². The monoisotopic (exact) mass is 188 g/mol. The third-order valence-corrected chi connectivity index (χ3v) is 2.00. The van der Waals surface area contributed by atoms with Gasteiger partial charge in [-0.2, -0.15) is 0 Å². The van der Waals surface area contributed by atoms with Gasteiger partial charge in [0.2, 0.25) is 0 Å². The van der Waals surface area contributed by atoms with E-state index in [1.165, 1.54) is 0 Å². The maximum atomic E-state index is 5.70. The molecule has 11 heavy (non-hydrogen) atoms. The zero-order valence-electron chi connectivity index (χ0n) is 5.93. The lowest BCUT2D eigenvalue weighted by Crippen LogP contribution is -1.91. The lowest BCUT2D eigenvalue weighted by atomic mass is 10.2. The zero-order valence-corrected chi connectivity index (χ0v) is 7.45. The number of hydrogen-bond acceptors (Lipinski definition) is 2. The molecular formula is C7H6Cl2N2. The Kier molecular flexibility index (Phi) is 2.47. The molecule has 0 radical (unpaired) electrons. The van der Waals surface area contributed by atoms with Gasteiger partial charge in [0.15, 0.2) is 10.3 Å². The predicted molar refractivity (Wildman–Crippen MR) is 46.9 cm³/mol. The van der Waals surface area contributed by atoms with E-state index in [0.29, 0.717) is 10.3 Å². The van der Waals surface area contributed by atoms with Gasteiger partial charge >= 0.3 is 0 Å². The molecule has 0 fully saturated rings. The molecule has 1 aromatic heterocycles. The first-order valence-electron chi connectivity index (χ1n) is 2.97. The molecule has 1 heterocycles. The van der Waals surface area contributed by atoms with Gasteiger partial charge in [0.1, 0.15) is 0 Å². The van der Waals surface area contributed by atoms with Crippen LogP contribution in [0.1, 0.15) is 11.1 Å². The molecule has 0 saturated carbocycles. The lowest BCUT2D eigenvalue weighted by molar-refractivity contribution is 1.01. The van der Waals surface area contributed by atoms with Gasteiger partial charge < -0.3 is 0 Å². The molecule has 0 aliphatic rings. The highest BCUT2D eigenvalue weighted by Gasteiger charge is 2.05. The van der Waals surface area contributed by atoms with Gasteiger partial charge in [-0.3, -0.25) is 0 Å². The summed E-state index contributed by atoms with van der Waals surface area (Å²) in [5, 5.41) is 7.95. The SMILES string of the molecule is C=Cc1c(Cl)nnc(Cl)c1C. The van der Waals surface area contributed by atoms with Crippen LogP contribution in [0, 0.1) is 6.92 Å². The minimum atomic E-state index is 0.335. The van der Waals surface area contributed by atoms with Crippen molar-refractivity contribution in [2.75, 3.05) is 0 Å². The molecule has 0 spiro atoms. The Morgan fingerprint density at radius 2 is 1.82 bits per heavy atom. The molecule has 0 bridgehead atoms. The van der Waals surface area contributed by atoms with Crippen molar-refractivity contribution in [3.63, 3.8) is 0 Å². The van der Waals surface area contributed by atoms with Gasteiger partial charge in [0, 0.05) is 5.56 Å². The number of halogens is 2. The number of nitrogens with zero attached hydrogens (tertiary/aromatic N) is 2. The highest BCUT2D eigenvalue weighted by atomic mass is 35.5. The van der Waals surface area contributed by atoms with Crippen LogP contribution in [-0.2, 0) is 0 Å². The molecule has 0 aromatic carbocycles. The standard InChI is InChI=1S/C7H6Cl2N2/c1-3-5-4(2)6(8)10-11-7(5)9/h3H,1H2,2H3. The quantitative estimate of drug-likeness (QED) is 0.678. The van der Waals surface area contributed by atoms with Crippen LogP contribution in [0.25, 0.3) is 6.08 Å². The van der Waals surface area contributed by atoms with Crippen LogP contribution in [0.15, 0.2) is 6.58 Å². The summed E-state index contributed by atoms with van der Waals surface area (Å²) in [7, 11) is 0. The minimum Gasteiger partial charge on any atom is -0.137 e. The Labute approximate surface area is 74.9 Å². The summed E-state index contributed by atoms with van der Waals surface area (Å²) in [5.74, 6) is 0. The minimum absolute atomic E-state index is 0.335. The van der Waals surface area contributed by atoms with Crippen molar-refractivity contribution in [2.24, 2.45) is 0 Å². The first kappa shape index (κ1) is 8.50. The second-order valence-corrected chi connectivity index (χ2v) is 2.74. The van der Waals surface area contributed by atoms with Crippen molar-refractivity contribution in [2.45, 2.75) is 6.92 Å². The van der Waals surface area contributed by atoms with Crippen LogP contribution in [0.3, 0.4) is 0 Å². The highest BCUT2D eigenvalue weighted by molar-refractivity contribution is 6.33. The molecule has 58 valence electrons. The number of aromatic nitrogens is 2. The third kappa shape index (κ3) is 1.52. The van der Waals surface area contributed by atoms with Crippen LogP contribution in [-0.4, -0.2) is 10.2 Å². The van der Waals surface area contributed by atoms with E-state index in [1.54, 1.807) is 6.08 Å². The van der Waals surface area contributed by atoms with Crippen molar-refractivity contribution in [1.82, 2.24) is 10.2 Å². The van der Waals surface area contributed by atoms with Crippen molar-refractivity contribution < 1.29 is 0 Å². The van der Waals surface area contributed by atoms with Gasteiger partial charge in [0.25, 0.3) is 0 Å². The van der Waals surface area contributed by atoms with Crippen LogP contribution in [0.5, 0.6) is 0 Å². The largest absolute Gasteiger partial charge is 0.159 e. The molecule has 1 aromatic rings. The maximum Gasteiger partial charge on any atom is 0.159 e. The molecule has 0 atom stereocenters. The summed E-state index contributed by atoms with van der Waals surface area (Å²) in [6.45, 7) is 5.40. The molecule has 0 aliphatic heterocycles. The predicted octanol–water partition coefficient (Wildman–Crippen LogP) is 2.73. The fraction of sp³-hybridized carbons (Fsp3) is 0.143. The molecule has 4 heteroatoms. The summed E-state index contributed by atoms with van der Waals surface area (Å²) < 4.78 is 0. The Bertz CT molecular complexity index is 297. The van der Waals surface area contributed by atoms with Crippen LogP contribution in [0.2, 0.25) is 10.3 Å². The molecular weight excluding hydrogens is 183 g/mol. The van der Waals surface area contributed by atoms with Gasteiger partial charge in [-0.15, -0.1) is 10.2 Å². The fourth-order valence-corrected chi connectivity index (χ4v) is 1.12. The summed E-state index contributed by atoms with van der Waals surface area (Å²) in [6, 6.07) is 0. The van der Waals surface area contributed by atoms with Gasteiger partial charge in [-0.25, -0.2) is 0 Å². The topological polar surface area (TPSA) is 25.8 Å². The Hall–Kier alpha value is -0.600. The summed E-state index contributed by atoms with van der Waals surface area (Å²) in [4.78, 5) is 0. The van der Waals surface area contributed by atoms with E-state index in [-0.39, 0.29) is 0 Å². The van der Waals surface area contributed by atoms with Crippen molar-refractivity contribution in [3.05, 3.63) is 28.0 Å². The Morgan fingerprint density at radius 3 is 2.27 bits per heavy atom. The average Bonchev–Trinajstić information content (AvgIpc) is 1.99. The molecule has 0 amide bonds. The third-order valence-electron chi connectivity index (χ3n) is 1.37. The smallest absolute Gasteiger partial charge is 0.137 e. The summed E-state index contributed by atoms with van der Waals surface area (Å²) >= 11 is 11.4. The van der Waals surface area contributed by atoms with E-state index in [2.05, 4.69) is 16.8 Å². The number of hydrogen-bond donors (Lipinski definition) is 0. The van der Waals surface area contributed by atoms with E-state index < -0.39 is 0 Å². The zero-order chi connectivity index (χ0) is 8.43. The van der Waals surface area contributed by atoms with Crippen LogP contribution in [0.4, 0.5) is 0 Å². The first-order valence-corrected chi connectivity index (χ1v) is 3.73. The van der Waals surface area contributed by atoms with Crippen molar-refractivity contribution in [3.8, 4) is 0 Å². The van der Waals surface area contributed by atoms with E-state index in [4.69, 9.17) is 23.2 Å². The second kappa shape index (κ2) is 3.20. The van der Waals surface area contributed by atoms with Gasteiger partial charge in [-0.1, -0.05) is 35.9 Å².